The SMILES string of the molecule is c1ccc(-c2nc(-n3c4ccccc4c4ccc5c6ccccc6oc5c43)nc3c(-c4ccccc4)cccc23)cc1. The average Bonchev–Trinajstić information content (AvgIpc) is 3.61. The van der Waals surface area contributed by atoms with Crippen molar-refractivity contribution in [2.24, 2.45) is 0 Å². The summed E-state index contributed by atoms with van der Waals surface area (Å²) in [5.74, 6) is 0.615. The molecule has 0 aliphatic heterocycles. The highest BCUT2D eigenvalue weighted by atomic mass is 16.3. The van der Waals surface area contributed by atoms with Crippen molar-refractivity contribution in [3.05, 3.63) is 140 Å². The Morgan fingerprint density at radius 3 is 1.98 bits per heavy atom. The van der Waals surface area contributed by atoms with Gasteiger partial charge in [0.1, 0.15) is 11.1 Å². The lowest BCUT2D eigenvalue weighted by Gasteiger charge is -2.14. The number of rotatable bonds is 3. The van der Waals surface area contributed by atoms with Crippen LogP contribution >= 0.6 is 0 Å². The van der Waals surface area contributed by atoms with Gasteiger partial charge in [0, 0.05) is 38.1 Å². The first-order chi connectivity index (χ1) is 20.8. The van der Waals surface area contributed by atoms with E-state index in [1.54, 1.807) is 0 Å². The number of benzene rings is 6. The predicted octanol–water partition coefficient (Wildman–Crippen LogP) is 9.96. The molecule has 196 valence electrons. The second kappa shape index (κ2) is 8.88. The van der Waals surface area contributed by atoms with Crippen LogP contribution in [0.15, 0.2) is 144 Å². The fourth-order valence-electron chi connectivity index (χ4n) is 6.35. The number of aromatic nitrogens is 3. The lowest BCUT2D eigenvalue weighted by atomic mass is 9.99. The molecule has 4 nitrogen and oxygen atoms in total. The first-order valence-corrected chi connectivity index (χ1v) is 14.1. The number of hydrogen-bond donors (Lipinski definition) is 0. The minimum Gasteiger partial charge on any atom is -0.454 e. The van der Waals surface area contributed by atoms with E-state index in [-0.39, 0.29) is 0 Å². The molecule has 3 aromatic heterocycles. The molecule has 0 aliphatic carbocycles. The fourth-order valence-corrected chi connectivity index (χ4v) is 6.35. The van der Waals surface area contributed by atoms with Crippen LogP contribution in [0.1, 0.15) is 0 Å². The van der Waals surface area contributed by atoms with Gasteiger partial charge in [0.25, 0.3) is 0 Å². The Kier molecular flexibility index (Phi) is 4.87. The molecule has 42 heavy (non-hydrogen) atoms. The molecule has 0 spiro atoms. The van der Waals surface area contributed by atoms with Crippen molar-refractivity contribution < 1.29 is 4.42 Å². The third-order valence-corrected chi connectivity index (χ3v) is 8.23. The third-order valence-electron chi connectivity index (χ3n) is 8.23. The Balaban J connectivity index is 1.47. The molecule has 0 radical (unpaired) electrons. The Morgan fingerprint density at radius 2 is 1.14 bits per heavy atom. The van der Waals surface area contributed by atoms with E-state index in [1.807, 2.05) is 24.3 Å². The molecule has 3 heterocycles. The number of fused-ring (bicyclic) bond motifs is 8. The number of para-hydroxylation sites is 3. The maximum absolute atomic E-state index is 6.58. The van der Waals surface area contributed by atoms with Gasteiger partial charge in [-0.15, -0.1) is 0 Å². The van der Waals surface area contributed by atoms with Gasteiger partial charge in [0.15, 0.2) is 5.58 Å². The van der Waals surface area contributed by atoms with Crippen LogP contribution in [0.25, 0.3) is 83.0 Å². The Labute approximate surface area is 241 Å². The molecule has 6 aromatic carbocycles. The Bertz CT molecular complexity index is 2460. The summed E-state index contributed by atoms with van der Waals surface area (Å²) in [7, 11) is 0. The normalized spacial score (nSPS) is 11.8. The maximum Gasteiger partial charge on any atom is 0.235 e. The number of nitrogens with zero attached hydrogens (tertiary/aromatic N) is 3. The Morgan fingerprint density at radius 1 is 0.476 bits per heavy atom. The minimum atomic E-state index is 0.615. The quantitative estimate of drug-likeness (QED) is 0.225. The van der Waals surface area contributed by atoms with Gasteiger partial charge in [-0.1, -0.05) is 121 Å². The van der Waals surface area contributed by atoms with E-state index >= 15 is 0 Å². The molecular weight excluding hydrogens is 514 g/mol. The zero-order chi connectivity index (χ0) is 27.6. The van der Waals surface area contributed by atoms with Gasteiger partial charge in [-0.3, -0.25) is 4.57 Å². The molecule has 9 aromatic rings. The monoisotopic (exact) mass is 537 g/mol. The summed E-state index contributed by atoms with van der Waals surface area (Å²) in [5, 5.41) is 5.44. The van der Waals surface area contributed by atoms with Crippen LogP contribution in [-0.2, 0) is 0 Å². The standard InChI is InChI=1S/C38H23N3O/c1-3-12-24(13-4-1)26-18-11-19-31-34(25-14-5-2-6-15-25)39-38(40-35(26)31)41-32-20-9-7-16-27(32)29-22-23-30-28-17-8-10-21-33(28)42-37(30)36(29)41/h1-23H. The average molecular weight is 538 g/mol. The summed E-state index contributed by atoms with van der Waals surface area (Å²) in [5.41, 5.74) is 8.77. The van der Waals surface area contributed by atoms with Crippen molar-refractivity contribution in [3.63, 3.8) is 0 Å². The van der Waals surface area contributed by atoms with Gasteiger partial charge in [0.2, 0.25) is 5.95 Å². The summed E-state index contributed by atoms with van der Waals surface area (Å²) in [6, 6.07) is 48.2. The third kappa shape index (κ3) is 3.29. The first-order valence-electron chi connectivity index (χ1n) is 14.1. The smallest absolute Gasteiger partial charge is 0.235 e. The summed E-state index contributed by atoms with van der Waals surface area (Å²) in [6.07, 6.45) is 0. The van der Waals surface area contributed by atoms with E-state index in [0.717, 1.165) is 77.0 Å². The predicted molar refractivity (Wildman–Crippen MR) is 172 cm³/mol. The molecule has 4 heteroatoms. The zero-order valence-electron chi connectivity index (χ0n) is 22.5. The van der Waals surface area contributed by atoms with Gasteiger partial charge < -0.3 is 4.42 Å². The van der Waals surface area contributed by atoms with Crippen LogP contribution in [0.5, 0.6) is 0 Å². The Hall–Kier alpha value is -5.74. The van der Waals surface area contributed by atoms with Gasteiger partial charge >= 0.3 is 0 Å². The van der Waals surface area contributed by atoms with Crippen LogP contribution in [-0.4, -0.2) is 14.5 Å². The number of hydrogen-bond acceptors (Lipinski definition) is 3. The fraction of sp³-hybridized carbons (Fsp3) is 0. The van der Waals surface area contributed by atoms with E-state index in [2.05, 4.69) is 120 Å². The molecule has 0 N–H and O–H groups in total. The van der Waals surface area contributed by atoms with Crippen LogP contribution in [0, 0.1) is 0 Å². The highest BCUT2D eigenvalue weighted by Gasteiger charge is 2.22. The second-order valence-electron chi connectivity index (χ2n) is 10.6. The van der Waals surface area contributed by atoms with E-state index < -0.39 is 0 Å². The molecule has 0 atom stereocenters. The largest absolute Gasteiger partial charge is 0.454 e. The topological polar surface area (TPSA) is 43.9 Å². The summed E-state index contributed by atoms with van der Waals surface area (Å²) < 4.78 is 8.76. The van der Waals surface area contributed by atoms with Crippen molar-refractivity contribution in [2.45, 2.75) is 0 Å². The van der Waals surface area contributed by atoms with Gasteiger partial charge in [-0.25, -0.2) is 9.97 Å². The molecule has 0 saturated heterocycles. The molecular formula is C38H23N3O. The van der Waals surface area contributed by atoms with Crippen LogP contribution < -0.4 is 0 Å². The maximum atomic E-state index is 6.58. The summed E-state index contributed by atoms with van der Waals surface area (Å²) in [4.78, 5) is 10.7. The molecule has 0 saturated carbocycles. The second-order valence-corrected chi connectivity index (χ2v) is 10.6. The van der Waals surface area contributed by atoms with Crippen molar-refractivity contribution in [1.82, 2.24) is 14.5 Å². The molecule has 0 aliphatic rings. The van der Waals surface area contributed by atoms with Crippen LogP contribution in [0.3, 0.4) is 0 Å². The van der Waals surface area contributed by atoms with Crippen LogP contribution in [0.4, 0.5) is 0 Å². The van der Waals surface area contributed by atoms with Crippen molar-refractivity contribution in [1.29, 1.82) is 0 Å². The van der Waals surface area contributed by atoms with Gasteiger partial charge in [-0.05, 0) is 23.8 Å². The van der Waals surface area contributed by atoms with Gasteiger partial charge in [-0.2, -0.15) is 0 Å². The lowest BCUT2D eigenvalue weighted by Crippen LogP contribution is -2.04. The summed E-state index contributed by atoms with van der Waals surface area (Å²) >= 11 is 0. The van der Waals surface area contributed by atoms with Crippen molar-refractivity contribution in [2.75, 3.05) is 0 Å². The van der Waals surface area contributed by atoms with Crippen molar-refractivity contribution >= 4 is 54.6 Å². The van der Waals surface area contributed by atoms with Gasteiger partial charge in [0.05, 0.1) is 16.7 Å². The first kappa shape index (κ1) is 23.0. The minimum absolute atomic E-state index is 0.615. The molecule has 9 rings (SSSR count). The number of furan rings is 1. The zero-order valence-corrected chi connectivity index (χ0v) is 22.5. The van der Waals surface area contributed by atoms with E-state index in [4.69, 9.17) is 14.4 Å². The molecule has 0 amide bonds. The summed E-state index contributed by atoms with van der Waals surface area (Å²) in [6.45, 7) is 0. The molecule has 0 bridgehead atoms. The molecule has 0 fully saturated rings. The van der Waals surface area contributed by atoms with Crippen molar-refractivity contribution in [3.8, 4) is 28.3 Å². The van der Waals surface area contributed by atoms with E-state index in [9.17, 15) is 0 Å². The van der Waals surface area contributed by atoms with Crippen LogP contribution in [0.2, 0.25) is 0 Å². The highest BCUT2D eigenvalue weighted by Crippen LogP contribution is 2.41. The lowest BCUT2D eigenvalue weighted by molar-refractivity contribution is 0.671. The highest BCUT2D eigenvalue weighted by molar-refractivity contribution is 6.21. The molecule has 0 unspecified atom stereocenters. The van der Waals surface area contributed by atoms with E-state index in [0.29, 0.717) is 5.95 Å². The van der Waals surface area contributed by atoms with E-state index in [1.165, 1.54) is 0 Å².